The number of nitrogens with zero attached hydrogens (tertiary/aromatic N) is 2. The third kappa shape index (κ3) is 2.77. The zero-order chi connectivity index (χ0) is 14.7. The summed E-state index contributed by atoms with van der Waals surface area (Å²) in [6.07, 6.45) is 0. The van der Waals surface area contributed by atoms with Crippen LogP contribution in [0.2, 0.25) is 0 Å². The first kappa shape index (κ1) is 14.0. The number of carbonyl (C=O) groups is 1. The second-order valence-corrected chi connectivity index (χ2v) is 4.36. The minimum atomic E-state index is -1.00. The number of aromatic nitrogens is 2. The molecule has 5 nitrogen and oxygen atoms in total. The third-order valence-corrected chi connectivity index (χ3v) is 2.89. The standard InChI is InChI=1S/C15H16N2O3/c1-4-20-12-7-5-6-11(8-12)14-16-9(2)13(15(18)19)10(3)17-14/h5-8H,4H2,1-3H3,(H,18,19). The van der Waals surface area contributed by atoms with Crippen LogP contribution in [0.25, 0.3) is 11.4 Å². The van der Waals surface area contributed by atoms with Gasteiger partial charge in [-0.3, -0.25) is 0 Å². The molecule has 0 saturated heterocycles. The Morgan fingerprint density at radius 3 is 2.45 bits per heavy atom. The van der Waals surface area contributed by atoms with Gasteiger partial charge in [-0.05, 0) is 32.9 Å². The molecule has 5 heteroatoms. The van der Waals surface area contributed by atoms with Crippen molar-refractivity contribution < 1.29 is 14.6 Å². The number of ether oxygens (including phenoxy) is 1. The van der Waals surface area contributed by atoms with Gasteiger partial charge in [0.15, 0.2) is 5.82 Å². The van der Waals surface area contributed by atoms with Crippen molar-refractivity contribution in [1.82, 2.24) is 9.97 Å². The van der Waals surface area contributed by atoms with E-state index in [0.29, 0.717) is 23.8 Å². The summed E-state index contributed by atoms with van der Waals surface area (Å²) >= 11 is 0. The van der Waals surface area contributed by atoms with Crippen molar-refractivity contribution in [2.75, 3.05) is 6.61 Å². The van der Waals surface area contributed by atoms with Crippen LogP contribution in [0.5, 0.6) is 5.75 Å². The molecule has 0 unspecified atom stereocenters. The third-order valence-electron chi connectivity index (χ3n) is 2.89. The van der Waals surface area contributed by atoms with Gasteiger partial charge < -0.3 is 9.84 Å². The van der Waals surface area contributed by atoms with Gasteiger partial charge in [-0.2, -0.15) is 0 Å². The van der Waals surface area contributed by atoms with Crippen molar-refractivity contribution in [3.8, 4) is 17.1 Å². The number of hydrogen-bond acceptors (Lipinski definition) is 4. The van der Waals surface area contributed by atoms with Crippen molar-refractivity contribution in [3.63, 3.8) is 0 Å². The summed E-state index contributed by atoms with van der Waals surface area (Å²) in [5.41, 5.74) is 1.89. The van der Waals surface area contributed by atoms with Crippen LogP contribution in [0, 0.1) is 13.8 Å². The zero-order valence-corrected chi connectivity index (χ0v) is 11.7. The lowest BCUT2D eigenvalue weighted by atomic mass is 10.1. The molecule has 0 saturated carbocycles. The van der Waals surface area contributed by atoms with Crippen LogP contribution in [0.1, 0.15) is 28.7 Å². The summed E-state index contributed by atoms with van der Waals surface area (Å²) in [4.78, 5) is 19.7. The molecule has 2 rings (SSSR count). The number of rotatable bonds is 4. The van der Waals surface area contributed by atoms with Gasteiger partial charge in [0.2, 0.25) is 0 Å². The van der Waals surface area contributed by atoms with Gasteiger partial charge in [0, 0.05) is 5.56 Å². The maximum atomic E-state index is 11.1. The molecule has 1 aromatic heterocycles. The Morgan fingerprint density at radius 1 is 1.25 bits per heavy atom. The van der Waals surface area contributed by atoms with Crippen LogP contribution in [-0.4, -0.2) is 27.7 Å². The van der Waals surface area contributed by atoms with E-state index in [2.05, 4.69) is 9.97 Å². The molecule has 1 heterocycles. The number of carboxylic acids is 1. The quantitative estimate of drug-likeness (QED) is 0.926. The van der Waals surface area contributed by atoms with Gasteiger partial charge in [-0.25, -0.2) is 14.8 Å². The van der Waals surface area contributed by atoms with Gasteiger partial charge in [-0.15, -0.1) is 0 Å². The maximum absolute atomic E-state index is 11.1. The van der Waals surface area contributed by atoms with E-state index in [1.807, 2.05) is 31.2 Å². The molecule has 0 radical (unpaired) electrons. The predicted molar refractivity (Wildman–Crippen MR) is 75.1 cm³/mol. The molecular weight excluding hydrogens is 256 g/mol. The average molecular weight is 272 g/mol. The maximum Gasteiger partial charge on any atom is 0.339 e. The fraction of sp³-hybridized carbons (Fsp3) is 0.267. The van der Waals surface area contributed by atoms with Crippen molar-refractivity contribution in [1.29, 1.82) is 0 Å². The van der Waals surface area contributed by atoms with Gasteiger partial charge in [-0.1, -0.05) is 12.1 Å². The van der Waals surface area contributed by atoms with Gasteiger partial charge in [0.05, 0.1) is 18.0 Å². The Hall–Kier alpha value is -2.43. The van der Waals surface area contributed by atoms with E-state index in [4.69, 9.17) is 9.84 Å². The summed E-state index contributed by atoms with van der Waals surface area (Å²) in [5.74, 6) is 0.243. The van der Waals surface area contributed by atoms with E-state index in [1.54, 1.807) is 13.8 Å². The monoisotopic (exact) mass is 272 g/mol. The van der Waals surface area contributed by atoms with E-state index in [1.165, 1.54) is 0 Å². The molecule has 0 aliphatic heterocycles. The summed E-state index contributed by atoms with van der Waals surface area (Å²) < 4.78 is 5.44. The summed E-state index contributed by atoms with van der Waals surface area (Å²) in [7, 11) is 0. The summed E-state index contributed by atoms with van der Waals surface area (Å²) in [5, 5.41) is 9.12. The molecule has 0 atom stereocenters. The molecule has 1 aromatic carbocycles. The minimum Gasteiger partial charge on any atom is -0.494 e. The second kappa shape index (κ2) is 5.69. The molecule has 20 heavy (non-hydrogen) atoms. The molecular formula is C15H16N2O3. The summed E-state index contributed by atoms with van der Waals surface area (Å²) in [6.45, 7) is 5.85. The fourth-order valence-electron chi connectivity index (χ4n) is 2.05. The van der Waals surface area contributed by atoms with Crippen molar-refractivity contribution in [3.05, 3.63) is 41.2 Å². The van der Waals surface area contributed by atoms with Crippen molar-refractivity contribution in [2.24, 2.45) is 0 Å². The zero-order valence-electron chi connectivity index (χ0n) is 11.7. The lowest BCUT2D eigenvalue weighted by Gasteiger charge is -2.09. The largest absolute Gasteiger partial charge is 0.494 e. The van der Waals surface area contributed by atoms with E-state index >= 15 is 0 Å². The molecule has 1 N–H and O–H groups in total. The van der Waals surface area contributed by atoms with E-state index in [-0.39, 0.29) is 5.56 Å². The van der Waals surface area contributed by atoms with Gasteiger partial charge >= 0.3 is 5.97 Å². The Labute approximate surface area is 117 Å². The first-order valence-electron chi connectivity index (χ1n) is 6.34. The predicted octanol–water partition coefficient (Wildman–Crippen LogP) is 2.86. The van der Waals surface area contributed by atoms with Crippen LogP contribution in [0.15, 0.2) is 24.3 Å². The van der Waals surface area contributed by atoms with Crippen LogP contribution in [0.3, 0.4) is 0 Å². The Bertz CT molecular complexity index is 630. The SMILES string of the molecule is CCOc1cccc(-c2nc(C)c(C(=O)O)c(C)n2)c1. The number of aromatic carboxylic acids is 1. The smallest absolute Gasteiger partial charge is 0.339 e. The molecule has 0 fully saturated rings. The number of carboxylic acid groups (broad SMARTS) is 1. The van der Waals surface area contributed by atoms with Gasteiger partial charge in [0.1, 0.15) is 11.3 Å². The number of benzene rings is 1. The highest BCUT2D eigenvalue weighted by atomic mass is 16.5. The fourth-order valence-corrected chi connectivity index (χ4v) is 2.05. The van der Waals surface area contributed by atoms with Crippen molar-refractivity contribution in [2.45, 2.75) is 20.8 Å². The van der Waals surface area contributed by atoms with Crippen LogP contribution >= 0.6 is 0 Å². The number of aryl methyl sites for hydroxylation is 2. The molecule has 0 aliphatic carbocycles. The first-order valence-corrected chi connectivity index (χ1v) is 6.34. The first-order chi connectivity index (χ1) is 9.52. The molecule has 0 amide bonds. The van der Waals surface area contributed by atoms with Crippen LogP contribution < -0.4 is 4.74 Å². The summed E-state index contributed by atoms with van der Waals surface area (Å²) in [6, 6.07) is 7.44. The molecule has 0 aliphatic rings. The molecule has 0 spiro atoms. The highest BCUT2D eigenvalue weighted by molar-refractivity contribution is 5.90. The Kier molecular flexibility index (Phi) is 3.98. The van der Waals surface area contributed by atoms with Crippen LogP contribution in [0.4, 0.5) is 0 Å². The highest BCUT2D eigenvalue weighted by Crippen LogP contribution is 2.23. The van der Waals surface area contributed by atoms with E-state index in [9.17, 15) is 4.79 Å². The van der Waals surface area contributed by atoms with E-state index < -0.39 is 5.97 Å². The normalized spacial score (nSPS) is 10.3. The highest BCUT2D eigenvalue weighted by Gasteiger charge is 2.15. The lowest BCUT2D eigenvalue weighted by Crippen LogP contribution is -2.08. The molecule has 0 bridgehead atoms. The number of hydrogen-bond donors (Lipinski definition) is 1. The second-order valence-electron chi connectivity index (χ2n) is 4.36. The van der Waals surface area contributed by atoms with Gasteiger partial charge in [0.25, 0.3) is 0 Å². The van der Waals surface area contributed by atoms with E-state index in [0.717, 1.165) is 11.3 Å². The lowest BCUT2D eigenvalue weighted by molar-refractivity contribution is 0.0694. The Balaban J connectivity index is 2.48. The Morgan fingerprint density at radius 2 is 1.90 bits per heavy atom. The minimum absolute atomic E-state index is 0.162. The average Bonchev–Trinajstić information content (AvgIpc) is 2.38. The van der Waals surface area contributed by atoms with Crippen molar-refractivity contribution >= 4 is 5.97 Å². The van der Waals surface area contributed by atoms with Crippen LogP contribution in [-0.2, 0) is 0 Å². The molecule has 104 valence electrons. The topological polar surface area (TPSA) is 72.3 Å². The molecule has 2 aromatic rings.